The standard InChI is InChI=1S/C15H26N4O3/c1-21-12-4-3-5-13(22-2)14(12)15(20)18-8-11-19(9-6-16)10-7-17/h3-5H,6-11,16-17H2,1-2H3,(H,18,20). The van der Waals surface area contributed by atoms with Gasteiger partial charge in [0.1, 0.15) is 17.1 Å². The molecule has 0 aliphatic carbocycles. The number of methoxy groups -OCH3 is 2. The summed E-state index contributed by atoms with van der Waals surface area (Å²) >= 11 is 0. The van der Waals surface area contributed by atoms with Crippen molar-refractivity contribution in [2.45, 2.75) is 0 Å². The van der Waals surface area contributed by atoms with E-state index < -0.39 is 0 Å². The van der Waals surface area contributed by atoms with Crippen LogP contribution in [0, 0.1) is 0 Å². The third-order valence-electron chi connectivity index (χ3n) is 3.26. The van der Waals surface area contributed by atoms with Crippen LogP contribution in [0.5, 0.6) is 11.5 Å². The van der Waals surface area contributed by atoms with Gasteiger partial charge in [-0.05, 0) is 12.1 Å². The molecular weight excluding hydrogens is 284 g/mol. The lowest BCUT2D eigenvalue weighted by atomic mass is 10.1. The maximum absolute atomic E-state index is 12.4. The Morgan fingerprint density at radius 2 is 1.64 bits per heavy atom. The lowest BCUT2D eigenvalue weighted by Crippen LogP contribution is -2.40. The number of hydrogen-bond donors (Lipinski definition) is 3. The molecule has 0 saturated carbocycles. The molecule has 0 atom stereocenters. The summed E-state index contributed by atoms with van der Waals surface area (Å²) < 4.78 is 10.5. The van der Waals surface area contributed by atoms with E-state index in [9.17, 15) is 4.79 Å². The van der Waals surface area contributed by atoms with E-state index in [1.807, 2.05) is 0 Å². The normalized spacial score (nSPS) is 10.6. The van der Waals surface area contributed by atoms with Crippen LogP contribution in [0.25, 0.3) is 0 Å². The predicted molar refractivity (Wildman–Crippen MR) is 86.4 cm³/mol. The van der Waals surface area contributed by atoms with E-state index in [4.69, 9.17) is 20.9 Å². The molecule has 0 spiro atoms. The van der Waals surface area contributed by atoms with Gasteiger partial charge in [-0.25, -0.2) is 0 Å². The predicted octanol–water partition coefficient (Wildman–Crippen LogP) is -0.347. The van der Waals surface area contributed by atoms with Gasteiger partial charge in [0.05, 0.1) is 14.2 Å². The van der Waals surface area contributed by atoms with Crippen LogP contribution in [-0.4, -0.2) is 64.3 Å². The van der Waals surface area contributed by atoms with E-state index in [0.29, 0.717) is 43.2 Å². The van der Waals surface area contributed by atoms with Crippen LogP contribution in [0.2, 0.25) is 0 Å². The van der Waals surface area contributed by atoms with E-state index in [2.05, 4.69) is 10.2 Å². The highest BCUT2D eigenvalue weighted by atomic mass is 16.5. The molecular formula is C15H26N4O3. The molecule has 1 aromatic rings. The third-order valence-corrected chi connectivity index (χ3v) is 3.26. The number of nitrogens with one attached hydrogen (secondary N) is 1. The van der Waals surface area contributed by atoms with Gasteiger partial charge in [0, 0.05) is 39.3 Å². The average Bonchev–Trinajstić information content (AvgIpc) is 2.54. The van der Waals surface area contributed by atoms with Crippen molar-refractivity contribution in [2.75, 3.05) is 53.5 Å². The Bertz CT molecular complexity index is 440. The molecule has 0 aromatic heterocycles. The summed E-state index contributed by atoms with van der Waals surface area (Å²) in [6, 6.07) is 5.23. The summed E-state index contributed by atoms with van der Waals surface area (Å²) in [5, 5.41) is 2.87. The number of carbonyl (C=O) groups is 1. The summed E-state index contributed by atoms with van der Waals surface area (Å²) in [6.45, 7) is 3.83. The molecule has 0 radical (unpaired) electrons. The SMILES string of the molecule is COc1cccc(OC)c1C(=O)NCCN(CCN)CCN. The van der Waals surface area contributed by atoms with Gasteiger partial charge in [-0.2, -0.15) is 0 Å². The molecule has 0 aliphatic heterocycles. The Balaban J connectivity index is 2.65. The van der Waals surface area contributed by atoms with Gasteiger partial charge >= 0.3 is 0 Å². The van der Waals surface area contributed by atoms with Crippen molar-refractivity contribution in [3.63, 3.8) is 0 Å². The van der Waals surface area contributed by atoms with Crippen molar-refractivity contribution in [3.05, 3.63) is 23.8 Å². The van der Waals surface area contributed by atoms with E-state index in [1.165, 1.54) is 14.2 Å². The number of amides is 1. The van der Waals surface area contributed by atoms with Crippen LogP contribution < -0.4 is 26.3 Å². The van der Waals surface area contributed by atoms with E-state index in [1.54, 1.807) is 18.2 Å². The molecule has 22 heavy (non-hydrogen) atoms. The molecule has 0 bridgehead atoms. The van der Waals surface area contributed by atoms with E-state index >= 15 is 0 Å². The highest BCUT2D eigenvalue weighted by Crippen LogP contribution is 2.27. The topological polar surface area (TPSA) is 103 Å². The maximum Gasteiger partial charge on any atom is 0.258 e. The highest BCUT2D eigenvalue weighted by Gasteiger charge is 2.17. The number of ether oxygens (including phenoxy) is 2. The Morgan fingerprint density at radius 1 is 1.09 bits per heavy atom. The van der Waals surface area contributed by atoms with Crippen LogP contribution in [-0.2, 0) is 0 Å². The van der Waals surface area contributed by atoms with Gasteiger partial charge in [0.2, 0.25) is 0 Å². The van der Waals surface area contributed by atoms with Crippen LogP contribution in [0.3, 0.4) is 0 Å². The van der Waals surface area contributed by atoms with Crippen molar-refractivity contribution < 1.29 is 14.3 Å². The fraction of sp³-hybridized carbons (Fsp3) is 0.533. The number of benzene rings is 1. The number of hydrogen-bond acceptors (Lipinski definition) is 6. The molecule has 0 fully saturated rings. The van der Waals surface area contributed by atoms with Gasteiger partial charge in [0.15, 0.2) is 0 Å². The summed E-state index contributed by atoms with van der Waals surface area (Å²) in [5.41, 5.74) is 11.5. The molecule has 7 nitrogen and oxygen atoms in total. The second-order valence-corrected chi connectivity index (χ2v) is 4.71. The monoisotopic (exact) mass is 310 g/mol. The van der Waals surface area contributed by atoms with Crippen molar-refractivity contribution in [1.82, 2.24) is 10.2 Å². The fourth-order valence-corrected chi connectivity index (χ4v) is 2.19. The molecule has 0 unspecified atom stereocenters. The first-order chi connectivity index (χ1) is 10.7. The van der Waals surface area contributed by atoms with Crippen molar-refractivity contribution in [2.24, 2.45) is 11.5 Å². The Labute approximate surface area is 131 Å². The van der Waals surface area contributed by atoms with E-state index in [-0.39, 0.29) is 5.91 Å². The fourth-order valence-electron chi connectivity index (χ4n) is 2.19. The second kappa shape index (κ2) is 9.99. The Hall–Kier alpha value is -1.83. The zero-order valence-electron chi connectivity index (χ0n) is 13.3. The molecule has 0 heterocycles. The van der Waals surface area contributed by atoms with Crippen LogP contribution in [0.15, 0.2) is 18.2 Å². The third kappa shape index (κ3) is 5.18. The minimum Gasteiger partial charge on any atom is -0.496 e. The zero-order valence-corrected chi connectivity index (χ0v) is 13.3. The van der Waals surface area contributed by atoms with Crippen LogP contribution in [0.4, 0.5) is 0 Å². The first-order valence-electron chi connectivity index (χ1n) is 7.29. The number of carbonyl (C=O) groups excluding carboxylic acids is 1. The average molecular weight is 310 g/mol. The first-order valence-corrected chi connectivity index (χ1v) is 7.29. The van der Waals surface area contributed by atoms with Gasteiger partial charge in [-0.3, -0.25) is 9.69 Å². The summed E-state index contributed by atoms with van der Waals surface area (Å²) in [6.07, 6.45) is 0. The smallest absolute Gasteiger partial charge is 0.258 e. The van der Waals surface area contributed by atoms with Gasteiger partial charge < -0.3 is 26.3 Å². The molecule has 1 aromatic carbocycles. The summed E-state index contributed by atoms with van der Waals surface area (Å²) in [7, 11) is 3.05. The van der Waals surface area contributed by atoms with Crippen molar-refractivity contribution in [3.8, 4) is 11.5 Å². The largest absolute Gasteiger partial charge is 0.496 e. The van der Waals surface area contributed by atoms with Crippen molar-refractivity contribution in [1.29, 1.82) is 0 Å². The molecule has 0 saturated heterocycles. The minimum absolute atomic E-state index is 0.227. The number of nitrogens with zero attached hydrogens (tertiary/aromatic N) is 1. The molecule has 0 aliphatic rings. The molecule has 1 amide bonds. The number of rotatable bonds is 10. The van der Waals surface area contributed by atoms with E-state index in [0.717, 1.165) is 13.1 Å². The Kier molecular flexibility index (Phi) is 8.27. The number of nitrogens with two attached hydrogens (primary N) is 2. The minimum atomic E-state index is -0.227. The second-order valence-electron chi connectivity index (χ2n) is 4.71. The van der Waals surface area contributed by atoms with Gasteiger partial charge in [-0.15, -0.1) is 0 Å². The van der Waals surface area contributed by atoms with Crippen LogP contribution >= 0.6 is 0 Å². The van der Waals surface area contributed by atoms with Gasteiger partial charge in [-0.1, -0.05) is 6.07 Å². The van der Waals surface area contributed by atoms with Crippen molar-refractivity contribution >= 4 is 5.91 Å². The summed E-state index contributed by atoms with van der Waals surface area (Å²) in [5.74, 6) is 0.741. The zero-order chi connectivity index (χ0) is 16.4. The lowest BCUT2D eigenvalue weighted by Gasteiger charge is -2.21. The van der Waals surface area contributed by atoms with Crippen LogP contribution in [0.1, 0.15) is 10.4 Å². The molecule has 7 heteroatoms. The Morgan fingerprint density at radius 3 is 2.09 bits per heavy atom. The quantitative estimate of drug-likeness (QED) is 0.546. The maximum atomic E-state index is 12.4. The van der Waals surface area contributed by atoms with Gasteiger partial charge in [0.25, 0.3) is 5.91 Å². The molecule has 1 rings (SSSR count). The summed E-state index contributed by atoms with van der Waals surface area (Å²) in [4.78, 5) is 14.5. The highest BCUT2D eigenvalue weighted by molar-refractivity contribution is 5.99. The molecule has 124 valence electrons. The molecule has 5 N–H and O–H groups in total. The lowest BCUT2D eigenvalue weighted by molar-refractivity contribution is 0.0942. The first kappa shape index (κ1) is 18.2.